The first-order chi connectivity index (χ1) is 36.1. The van der Waals surface area contributed by atoms with Crippen molar-refractivity contribution in [2.24, 2.45) is 5.92 Å². The molecule has 0 bridgehead atoms. The Morgan fingerprint density at radius 3 is 0.947 bits per heavy atom. The topological polar surface area (TPSA) is 237 Å². The van der Waals surface area contributed by atoms with Crippen LogP contribution in [0.5, 0.6) is 0 Å². The van der Waals surface area contributed by atoms with Crippen molar-refractivity contribution in [3.8, 4) is 0 Å². The van der Waals surface area contributed by atoms with Gasteiger partial charge in [-0.05, 0) is 31.6 Å². The van der Waals surface area contributed by atoms with Crippen LogP contribution >= 0.6 is 15.6 Å². The minimum Gasteiger partial charge on any atom is -0.462 e. The summed E-state index contributed by atoms with van der Waals surface area (Å²) in [6, 6.07) is 0. The van der Waals surface area contributed by atoms with Gasteiger partial charge >= 0.3 is 39.5 Å². The highest BCUT2D eigenvalue weighted by molar-refractivity contribution is 7.47. The predicted octanol–water partition coefficient (Wildman–Crippen LogP) is 14.7. The summed E-state index contributed by atoms with van der Waals surface area (Å²) in [6.45, 7) is 7.03. The second-order valence-corrected chi connectivity index (χ2v) is 23.5. The van der Waals surface area contributed by atoms with Crippen LogP contribution in [0.2, 0.25) is 0 Å². The summed E-state index contributed by atoms with van der Waals surface area (Å²) in [7, 11) is -9.86. The summed E-state index contributed by atoms with van der Waals surface area (Å²) in [4.78, 5) is 71.6. The fourth-order valence-corrected chi connectivity index (χ4v) is 9.71. The van der Waals surface area contributed by atoms with Crippen LogP contribution in [-0.2, 0) is 65.4 Å². The fraction of sp³-hybridized carbons (Fsp3) is 0.929. The van der Waals surface area contributed by atoms with E-state index in [1.165, 1.54) is 70.6 Å². The maximum Gasteiger partial charge on any atom is 0.472 e. The first-order valence-corrected chi connectivity index (χ1v) is 32.7. The quantitative estimate of drug-likeness (QED) is 0.0222. The Morgan fingerprint density at radius 1 is 0.373 bits per heavy atom. The van der Waals surface area contributed by atoms with Crippen LogP contribution in [0.4, 0.5) is 0 Å². The van der Waals surface area contributed by atoms with Gasteiger partial charge in [-0.3, -0.25) is 37.3 Å². The molecule has 0 radical (unpaired) electrons. The van der Waals surface area contributed by atoms with Gasteiger partial charge < -0.3 is 33.8 Å². The Labute approximate surface area is 454 Å². The molecule has 3 unspecified atom stereocenters. The lowest BCUT2D eigenvalue weighted by Gasteiger charge is -2.21. The molecular formula is C56H108O17P2. The predicted molar refractivity (Wildman–Crippen MR) is 294 cm³/mol. The minimum absolute atomic E-state index is 0.104. The van der Waals surface area contributed by atoms with Crippen molar-refractivity contribution in [3.63, 3.8) is 0 Å². The number of phosphoric ester groups is 2. The Hall–Kier alpha value is -1.94. The number of aliphatic hydroxyl groups excluding tert-OH is 1. The summed E-state index contributed by atoms with van der Waals surface area (Å²) < 4.78 is 67.4. The van der Waals surface area contributed by atoms with Crippen LogP contribution in [0.25, 0.3) is 0 Å². The first-order valence-electron chi connectivity index (χ1n) is 29.7. The third-order valence-corrected chi connectivity index (χ3v) is 15.0. The molecule has 0 spiro atoms. The normalized spacial score (nSPS) is 14.8. The number of rotatable bonds is 56. The highest BCUT2D eigenvalue weighted by atomic mass is 31.2. The van der Waals surface area contributed by atoms with Crippen LogP contribution in [0.3, 0.4) is 0 Å². The highest BCUT2D eigenvalue weighted by Crippen LogP contribution is 2.45. The second-order valence-electron chi connectivity index (χ2n) is 20.6. The molecule has 0 amide bonds. The zero-order valence-corrected chi connectivity index (χ0v) is 49.5. The Morgan fingerprint density at radius 2 is 0.640 bits per heavy atom. The number of unbranched alkanes of at least 4 members (excludes halogenated alkanes) is 27. The molecule has 0 aromatic heterocycles. The van der Waals surface area contributed by atoms with Crippen molar-refractivity contribution < 1.29 is 80.2 Å². The summed E-state index contributed by atoms with van der Waals surface area (Å²) >= 11 is 0. The van der Waals surface area contributed by atoms with Crippen molar-refractivity contribution in [1.82, 2.24) is 0 Å². The van der Waals surface area contributed by atoms with Crippen LogP contribution in [0.1, 0.15) is 272 Å². The van der Waals surface area contributed by atoms with Gasteiger partial charge in [0.25, 0.3) is 0 Å². The van der Waals surface area contributed by atoms with Crippen LogP contribution in [0, 0.1) is 5.92 Å². The summed E-state index contributed by atoms with van der Waals surface area (Å²) in [5, 5.41) is 10.5. The monoisotopic (exact) mass is 1110 g/mol. The molecule has 75 heavy (non-hydrogen) atoms. The van der Waals surface area contributed by atoms with E-state index in [2.05, 4.69) is 34.6 Å². The van der Waals surface area contributed by atoms with E-state index in [9.17, 15) is 43.2 Å². The number of esters is 4. The van der Waals surface area contributed by atoms with E-state index in [-0.39, 0.29) is 25.7 Å². The van der Waals surface area contributed by atoms with Gasteiger partial charge in [0.1, 0.15) is 19.3 Å². The lowest BCUT2D eigenvalue weighted by atomic mass is 9.99. The highest BCUT2D eigenvalue weighted by Gasteiger charge is 2.30. The summed E-state index contributed by atoms with van der Waals surface area (Å²) in [6.07, 6.45) is 30.9. The molecule has 0 aliphatic heterocycles. The number of carbonyl (C=O) groups excluding carboxylic acids is 4. The van der Waals surface area contributed by atoms with E-state index in [4.69, 9.17) is 37.0 Å². The third-order valence-electron chi connectivity index (χ3n) is 13.1. The lowest BCUT2D eigenvalue weighted by molar-refractivity contribution is -0.161. The van der Waals surface area contributed by atoms with Gasteiger partial charge in [-0.25, -0.2) is 9.13 Å². The van der Waals surface area contributed by atoms with Gasteiger partial charge in [0.2, 0.25) is 0 Å². The van der Waals surface area contributed by atoms with E-state index in [0.29, 0.717) is 25.7 Å². The Bertz CT molecular complexity index is 1490. The number of carbonyl (C=O) groups is 4. The average Bonchev–Trinajstić information content (AvgIpc) is 3.38. The molecule has 17 nitrogen and oxygen atoms in total. The van der Waals surface area contributed by atoms with Crippen molar-refractivity contribution >= 4 is 39.5 Å². The molecule has 0 aliphatic rings. The van der Waals surface area contributed by atoms with Crippen LogP contribution < -0.4 is 0 Å². The van der Waals surface area contributed by atoms with E-state index >= 15 is 0 Å². The van der Waals surface area contributed by atoms with Crippen molar-refractivity contribution in [3.05, 3.63) is 0 Å². The van der Waals surface area contributed by atoms with E-state index in [1.807, 2.05) is 0 Å². The van der Waals surface area contributed by atoms with Crippen LogP contribution in [0.15, 0.2) is 0 Å². The van der Waals surface area contributed by atoms with Crippen molar-refractivity contribution in [2.45, 2.75) is 291 Å². The smallest absolute Gasteiger partial charge is 0.462 e. The third kappa shape index (κ3) is 50.1. The average molecular weight is 1120 g/mol. The first kappa shape index (κ1) is 73.1. The molecule has 0 saturated carbocycles. The number of aliphatic hydroxyl groups is 1. The van der Waals surface area contributed by atoms with Gasteiger partial charge in [-0.1, -0.05) is 221 Å². The van der Waals surface area contributed by atoms with Gasteiger partial charge in [0, 0.05) is 25.7 Å². The fourth-order valence-electron chi connectivity index (χ4n) is 8.14. The number of ether oxygens (including phenoxy) is 4. The molecule has 444 valence electrons. The number of hydrogen-bond acceptors (Lipinski definition) is 15. The standard InChI is InChI=1S/C56H108O17P2/c1-6-10-13-16-19-25-30-35-40-54(59)67-46-52(73-56(61)42-37-32-27-22-21-24-28-33-38-49(5)9-4)48-71-75(64,65)69-44-50(57)43-68-74(62,63)70-47-51(45-66-53(58)39-34-29-23-18-15-12-8-3)72-55(60)41-36-31-26-20-17-14-11-7-2/h49-52,57H,6-48H2,1-5H3,(H,62,63)(H,64,65)/t49?,50-,51+,52+/m0/s1. The molecule has 0 aliphatic carbocycles. The van der Waals surface area contributed by atoms with Crippen molar-refractivity contribution in [2.75, 3.05) is 39.6 Å². The van der Waals surface area contributed by atoms with Gasteiger partial charge in [-0.15, -0.1) is 0 Å². The maximum atomic E-state index is 12.9. The zero-order valence-electron chi connectivity index (χ0n) is 47.7. The minimum atomic E-state index is -4.93. The lowest BCUT2D eigenvalue weighted by Crippen LogP contribution is -2.30. The summed E-state index contributed by atoms with van der Waals surface area (Å²) in [5.74, 6) is -1.38. The summed E-state index contributed by atoms with van der Waals surface area (Å²) in [5.41, 5.74) is 0. The molecule has 0 fully saturated rings. The molecule has 0 aromatic rings. The number of phosphoric acid groups is 2. The Kier molecular flexibility index (Phi) is 49.0. The molecule has 0 rings (SSSR count). The molecule has 19 heteroatoms. The zero-order chi connectivity index (χ0) is 55.7. The van der Waals surface area contributed by atoms with E-state index in [0.717, 1.165) is 121 Å². The largest absolute Gasteiger partial charge is 0.472 e. The number of hydrogen-bond donors (Lipinski definition) is 3. The molecule has 0 aromatic carbocycles. The van der Waals surface area contributed by atoms with Crippen LogP contribution in [-0.4, -0.2) is 96.7 Å². The maximum absolute atomic E-state index is 12.9. The van der Waals surface area contributed by atoms with Gasteiger partial charge in [0.15, 0.2) is 12.2 Å². The molecule has 0 saturated heterocycles. The SMILES string of the molecule is CCCCCCCCCCC(=O)OC[C@H](COP(=O)(O)OC[C@@H](O)COP(=O)(O)OC[C@@H](COC(=O)CCCCCCCCC)OC(=O)CCCCCCCCCC)OC(=O)CCCCCCCCCCC(C)CC. The molecule has 6 atom stereocenters. The van der Waals surface area contributed by atoms with Crippen molar-refractivity contribution in [1.29, 1.82) is 0 Å². The van der Waals surface area contributed by atoms with Gasteiger partial charge in [0.05, 0.1) is 26.4 Å². The van der Waals surface area contributed by atoms with E-state index in [1.54, 1.807) is 0 Å². The molecular weight excluding hydrogens is 1010 g/mol. The van der Waals surface area contributed by atoms with E-state index < -0.39 is 97.5 Å². The van der Waals surface area contributed by atoms with Gasteiger partial charge in [-0.2, -0.15) is 0 Å². The second kappa shape index (κ2) is 50.3. The molecule has 3 N–H and O–H groups in total. The Balaban J connectivity index is 5.20. The molecule has 0 heterocycles.